The summed E-state index contributed by atoms with van der Waals surface area (Å²) in [4.78, 5) is 14.1. The van der Waals surface area contributed by atoms with E-state index in [-0.39, 0.29) is 17.6 Å². The Hall–Kier alpha value is -0.770. The summed E-state index contributed by atoms with van der Waals surface area (Å²) < 4.78 is 5.49. The minimum absolute atomic E-state index is 0.0252. The highest BCUT2D eigenvalue weighted by atomic mass is 16.6. The number of carbonyl (C=O) groups is 1. The molecule has 0 bridgehead atoms. The Morgan fingerprint density at radius 3 is 2.22 bits per heavy atom. The Kier molecular flexibility index (Phi) is 4.31. The summed E-state index contributed by atoms with van der Waals surface area (Å²) in [6.07, 6.45) is 0.760. The maximum atomic E-state index is 12.2. The van der Waals surface area contributed by atoms with E-state index in [0.29, 0.717) is 12.5 Å². The van der Waals surface area contributed by atoms with Crippen molar-refractivity contribution in [2.75, 3.05) is 13.1 Å². The van der Waals surface area contributed by atoms with Crippen LogP contribution in [0.5, 0.6) is 0 Å². The third-order valence-corrected chi connectivity index (χ3v) is 3.34. The van der Waals surface area contributed by atoms with Crippen molar-refractivity contribution in [2.24, 2.45) is 17.1 Å². The van der Waals surface area contributed by atoms with Crippen molar-refractivity contribution in [3.8, 4) is 0 Å². The van der Waals surface area contributed by atoms with Gasteiger partial charge in [-0.3, -0.25) is 0 Å². The molecule has 18 heavy (non-hydrogen) atoms. The van der Waals surface area contributed by atoms with Crippen LogP contribution in [0.15, 0.2) is 0 Å². The van der Waals surface area contributed by atoms with Crippen LogP contribution >= 0.6 is 0 Å². The predicted molar refractivity (Wildman–Crippen MR) is 73.3 cm³/mol. The van der Waals surface area contributed by atoms with Crippen molar-refractivity contribution in [1.82, 2.24) is 4.90 Å². The highest BCUT2D eigenvalue weighted by molar-refractivity contribution is 5.69. The molecule has 1 saturated heterocycles. The Bertz CT molecular complexity index is 302. The lowest BCUT2D eigenvalue weighted by Crippen LogP contribution is -2.48. The van der Waals surface area contributed by atoms with Gasteiger partial charge in [0.2, 0.25) is 0 Å². The van der Waals surface area contributed by atoms with Gasteiger partial charge >= 0.3 is 6.09 Å². The number of hydrogen-bond donors (Lipinski definition) is 1. The molecule has 0 aromatic heterocycles. The van der Waals surface area contributed by atoms with E-state index in [1.807, 2.05) is 25.7 Å². The van der Waals surface area contributed by atoms with Crippen molar-refractivity contribution < 1.29 is 9.53 Å². The predicted octanol–water partition coefficient (Wildman–Crippen LogP) is 2.62. The van der Waals surface area contributed by atoms with Crippen LogP contribution in [0.4, 0.5) is 4.79 Å². The van der Waals surface area contributed by atoms with Gasteiger partial charge in [-0.25, -0.2) is 4.79 Å². The molecule has 4 nitrogen and oxygen atoms in total. The quantitative estimate of drug-likeness (QED) is 0.784. The molecular weight excluding hydrogens is 228 g/mol. The van der Waals surface area contributed by atoms with Gasteiger partial charge in [-0.1, -0.05) is 20.8 Å². The molecule has 0 aromatic carbocycles. The molecule has 1 amide bonds. The lowest BCUT2D eigenvalue weighted by Gasteiger charge is -2.38. The average Bonchev–Trinajstić information content (AvgIpc) is 2.57. The number of rotatable bonds is 1. The van der Waals surface area contributed by atoms with Gasteiger partial charge in [-0.2, -0.15) is 0 Å². The zero-order valence-corrected chi connectivity index (χ0v) is 12.6. The van der Waals surface area contributed by atoms with Crippen LogP contribution in [0.1, 0.15) is 48.0 Å². The van der Waals surface area contributed by atoms with E-state index in [4.69, 9.17) is 10.5 Å². The Morgan fingerprint density at radius 2 is 1.83 bits per heavy atom. The summed E-state index contributed by atoms with van der Waals surface area (Å²) in [7, 11) is 0. The van der Waals surface area contributed by atoms with Crippen LogP contribution in [0.2, 0.25) is 0 Å². The number of carbonyl (C=O) groups excluding carboxylic acids is 1. The van der Waals surface area contributed by atoms with E-state index in [1.54, 1.807) is 0 Å². The number of ether oxygens (including phenoxy) is 1. The zero-order valence-electron chi connectivity index (χ0n) is 12.6. The van der Waals surface area contributed by atoms with Crippen LogP contribution in [0.25, 0.3) is 0 Å². The van der Waals surface area contributed by atoms with Gasteiger partial charge in [-0.05, 0) is 45.1 Å². The van der Waals surface area contributed by atoms with Gasteiger partial charge in [0.05, 0.1) is 0 Å². The van der Waals surface area contributed by atoms with E-state index in [0.717, 1.165) is 13.0 Å². The van der Waals surface area contributed by atoms with Crippen LogP contribution < -0.4 is 5.73 Å². The maximum Gasteiger partial charge on any atom is 0.410 e. The minimum atomic E-state index is -0.444. The van der Waals surface area contributed by atoms with E-state index in [1.165, 1.54) is 0 Å². The van der Waals surface area contributed by atoms with Gasteiger partial charge in [0.15, 0.2) is 0 Å². The molecule has 106 valence electrons. The summed E-state index contributed by atoms with van der Waals surface area (Å²) in [5, 5.41) is 0. The van der Waals surface area contributed by atoms with Gasteiger partial charge in [0.1, 0.15) is 5.60 Å². The van der Waals surface area contributed by atoms with E-state index in [9.17, 15) is 4.79 Å². The average molecular weight is 256 g/mol. The highest BCUT2D eigenvalue weighted by Gasteiger charge is 2.44. The third-order valence-electron chi connectivity index (χ3n) is 3.34. The first kappa shape index (κ1) is 15.3. The van der Waals surface area contributed by atoms with Gasteiger partial charge < -0.3 is 15.4 Å². The molecule has 2 N–H and O–H groups in total. The van der Waals surface area contributed by atoms with Crippen molar-refractivity contribution in [3.63, 3.8) is 0 Å². The van der Waals surface area contributed by atoms with E-state index >= 15 is 0 Å². The molecule has 0 saturated carbocycles. The molecule has 2 unspecified atom stereocenters. The van der Waals surface area contributed by atoms with Crippen molar-refractivity contribution in [2.45, 2.75) is 59.6 Å². The van der Waals surface area contributed by atoms with Gasteiger partial charge in [0, 0.05) is 12.6 Å². The first-order valence-corrected chi connectivity index (χ1v) is 6.76. The Labute approximate surface area is 111 Å². The largest absolute Gasteiger partial charge is 0.444 e. The van der Waals surface area contributed by atoms with Crippen LogP contribution in [0.3, 0.4) is 0 Å². The first-order chi connectivity index (χ1) is 8.06. The van der Waals surface area contributed by atoms with Crippen molar-refractivity contribution >= 4 is 6.09 Å². The van der Waals surface area contributed by atoms with E-state index < -0.39 is 5.60 Å². The summed E-state index contributed by atoms with van der Waals surface area (Å²) >= 11 is 0. The Balaban J connectivity index is 2.85. The smallest absolute Gasteiger partial charge is 0.410 e. The second kappa shape index (κ2) is 5.08. The monoisotopic (exact) mass is 256 g/mol. The van der Waals surface area contributed by atoms with Crippen molar-refractivity contribution in [3.05, 3.63) is 0 Å². The molecule has 0 spiro atoms. The summed E-state index contributed by atoms with van der Waals surface area (Å²) in [5.74, 6) is 0.373. The van der Waals surface area contributed by atoms with Crippen LogP contribution in [-0.4, -0.2) is 35.7 Å². The standard InChI is InChI=1S/C14H28N2O2/c1-13(2,3)11-10(9-15)7-8-16(11)12(17)18-14(4,5)6/h10-11H,7-9,15H2,1-6H3. The summed E-state index contributed by atoms with van der Waals surface area (Å²) in [6, 6.07) is 0.164. The molecule has 1 fully saturated rings. The molecule has 0 radical (unpaired) electrons. The Morgan fingerprint density at radius 1 is 1.28 bits per heavy atom. The third kappa shape index (κ3) is 3.61. The second-order valence-corrected chi connectivity index (χ2v) is 7.27. The number of nitrogens with two attached hydrogens (primary N) is 1. The fourth-order valence-corrected chi connectivity index (χ4v) is 2.80. The number of nitrogens with zero attached hydrogens (tertiary/aromatic N) is 1. The highest BCUT2D eigenvalue weighted by Crippen LogP contribution is 2.37. The topological polar surface area (TPSA) is 55.6 Å². The SMILES string of the molecule is CC(C)(C)OC(=O)N1CCC(CN)C1C(C)(C)C. The van der Waals surface area contributed by atoms with Crippen LogP contribution in [-0.2, 0) is 4.74 Å². The molecule has 2 atom stereocenters. The van der Waals surface area contributed by atoms with Crippen molar-refractivity contribution in [1.29, 1.82) is 0 Å². The number of amides is 1. The second-order valence-electron chi connectivity index (χ2n) is 7.27. The van der Waals surface area contributed by atoms with Crippen LogP contribution in [0, 0.1) is 11.3 Å². The first-order valence-electron chi connectivity index (χ1n) is 6.76. The minimum Gasteiger partial charge on any atom is -0.444 e. The normalized spacial score (nSPS) is 25.4. The van der Waals surface area contributed by atoms with Gasteiger partial charge in [0.25, 0.3) is 0 Å². The molecule has 1 aliphatic rings. The van der Waals surface area contributed by atoms with Gasteiger partial charge in [-0.15, -0.1) is 0 Å². The molecule has 1 rings (SSSR count). The molecule has 1 aliphatic heterocycles. The molecule has 0 aliphatic carbocycles. The number of hydrogen-bond acceptors (Lipinski definition) is 3. The lowest BCUT2D eigenvalue weighted by atomic mass is 9.79. The lowest BCUT2D eigenvalue weighted by molar-refractivity contribution is 0.00818. The summed E-state index contributed by atoms with van der Waals surface area (Å²) in [5.41, 5.74) is 5.41. The fourth-order valence-electron chi connectivity index (χ4n) is 2.80. The molecule has 0 aromatic rings. The molecular formula is C14H28N2O2. The summed E-state index contributed by atoms with van der Waals surface area (Å²) in [6.45, 7) is 13.5. The zero-order chi connectivity index (χ0) is 14.1. The molecule has 4 heteroatoms. The fraction of sp³-hybridized carbons (Fsp3) is 0.929. The maximum absolute atomic E-state index is 12.2. The number of likely N-dealkylation sites (tertiary alicyclic amines) is 1. The van der Waals surface area contributed by atoms with E-state index in [2.05, 4.69) is 20.8 Å². The molecule has 1 heterocycles.